The minimum absolute atomic E-state index is 0.187. The van der Waals surface area contributed by atoms with E-state index in [1.54, 1.807) is 6.92 Å². The number of carbonyl (C=O) groups is 3. The Labute approximate surface area is 94.2 Å². The lowest BCUT2D eigenvalue weighted by Gasteiger charge is -2.20. The first-order valence-corrected chi connectivity index (χ1v) is 5.16. The molecular formula is C10H17NO5. The number of carbonyl (C=O) groups excluding carboxylic acids is 2. The van der Waals surface area contributed by atoms with Crippen molar-refractivity contribution in [2.45, 2.75) is 26.7 Å². The number of rotatable bonds is 7. The van der Waals surface area contributed by atoms with E-state index in [1.807, 2.05) is 6.92 Å². The van der Waals surface area contributed by atoms with Crippen molar-refractivity contribution in [3.8, 4) is 0 Å². The fraction of sp³-hybridized carbons (Fsp3) is 0.700. The lowest BCUT2D eigenvalue weighted by molar-refractivity contribution is -0.151. The van der Waals surface area contributed by atoms with Gasteiger partial charge in [0.05, 0.1) is 6.61 Å². The summed E-state index contributed by atoms with van der Waals surface area (Å²) < 4.78 is 4.69. The zero-order valence-electron chi connectivity index (χ0n) is 9.56. The Hall–Kier alpha value is -1.59. The van der Waals surface area contributed by atoms with Gasteiger partial charge in [0.25, 0.3) is 0 Å². The molecule has 0 aromatic heterocycles. The van der Waals surface area contributed by atoms with Crippen LogP contribution in [0, 0.1) is 0 Å². The molecule has 1 amide bonds. The predicted molar refractivity (Wildman–Crippen MR) is 55.8 cm³/mol. The van der Waals surface area contributed by atoms with Gasteiger partial charge in [-0.25, -0.2) is 0 Å². The number of aliphatic carboxylic acids is 1. The Morgan fingerprint density at radius 2 is 1.88 bits per heavy atom. The highest BCUT2D eigenvalue weighted by Crippen LogP contribution is 1.98. The smallest absolute Gasteiger partial charge is 0.325 e. The van der Waals surface area contributed by atoms with Gasteiger partial charge in [0.15, 0.2) is 0 Å². The summed E-state index contributed by atoms with van der Waals surface area (Å²) >= 11 is 0. The molecule has 0 atom stereocenters. The number of carboxylic acid groups (broad SMARTS) is 1. The van der Waals surface area contributed by atoms with Crippen LogP contribution in [-0.2, 0) is 19.1 Å². The van der Waals surface area contributed by atoms with Crippen molar-refractivity contribution >= 4 is 17.8 Å². The maximum absolute atomic E-state index is 11.4. The van der Waals surface area contributed by atoms with E-state index in [-0.39, 0.29) is 13.2 Å². The molecule has 6 nitrogen and oxygen atoms in total. The number of ether oxygens (including phenoxy) is 1. The average Bonchev–Trinajstić information content (AvgIpc) is 2.16. The Kier molecular flexibility index (Phi) is 6.91. The third kappa shape index (κ3) is 6.00. The lowest BCUT2D eigenvalue weighted by atomic mass is 10.3. The molecule has 0 aliphatic carbocycles. The molecule has 1 N–H and O–H groups in total. The third-order valence-electron chi connectivity index (χ3n) is 1.77. The van der Waals surface area contributed by atoms with Crippen LogP contribution in [0.2, 0.25) is 0 Å². The van der Waals surface area contributed by atoms with Crippen molar-refractivity contribution in [1.29, 1.82) is 0 Å². The fourth-order valence-corrected chi connectivity index (χ4v) is 1.17. The molecule has 0 heterocycles. The van der Waals surface area contributed by atoms with Gasteiger partial charge in [-0.2, -0.15) is 0 Å². The molecule has 16 heavy (non-hydrogen) atoms. The molecule has 0 fully saturated rings. The van der Waals surface area contributed by atoms with Crippen molar-refractivity contribution in [3.05, 3.63) is 0 Å². The van der Waals surface area contributed by atoms with E-state index < -0.39 is 24.3 Å². The minimum atomic E-state index is -1.20. The van der Waals surface area contributed by atoms with Crippen molar-refractivity contribution in [2.75, 3.05) is 19.7 Å². The zero-order valence-corrected chi connectivity index (χ0v) is 9.56. The molecule has 6 heteroatoms. The Bertz CT molecular complexity index is 264. The SMILES string of the molecule is CCCN(CC(=O)OCC)C(=O)CC(=O)O. The quantitative estimate of drug-likeness (QED) is 0.502. The van der Waals surface area contributed by atoms with Crippen LogP contribution < -0.4 is 0 Å². The fourth-order valence-electron chi connectivity index (χ4n) is 1.17. The van der Waals surface area contributed by atoms with Crippen molar-refractivity contribution in [1.82, 2.24) is 4.90 Å². The number of carboxylic acids is 1. The first-order valence-electron chi connectivity index (χ1n) is 5.16. The Morgan fingerprint density at radius 1 is 1.25 bits per heavy atom. The molecule has 0 aliphatic heterocycles. The van der Waals surface area contributed by atoms with Gasteiger partial charge < -0.3 is 14.7 Å². The van der Waals surface area contributed by atoms with E-state index >= 15 is 0 Å². The molecule has 0 aliphatic rings. The summed E-state index contributed by atoms with van der Waals surface area (Å²) in [4.78, 5) is 34.1. The first kappa shape index (κ1) is 14.4. The summed E-state index contributed by atoms with van der Waals surface area (Å²) in [6.07, 6.45) is 0.0597. The topological polar surface area (TPSA) is 83.9 Å². The molecule has 92 valence electrons. The molecule has 0 aromatic carbocycles. The summed E-state index contributed by atoms with van der Waals surface area (Å²) in [6, 6.07) is 0. The summed E-state index contributed by atoms with van der Waals surface area (Å²) in [6.45, 7) is 3.91. The second kappa shape index (κ2) is 7.67. The highest BCUT2D eigenvalue weighted by molar-refractivity contribution is 5.94. The summed E-state index contributed by atoms with van der Waals surface area (Å²) in [7, 11) is 0. The number of hydrogen-bond acceptors (Lipinski definition) is 4. The van der Waals surface area contributed by atoms with E-state index in [2.05, 4.69) is 0 Å². The normalized spacial score (nSPS) is 9.62. The first-order chi connectivity index (χ1) is 7.51. The van der Waals surface area contributed by atoms with E-state index in [9.17, 15) is 14.4 Å². The van der Waals surface area contributed by atoms with Crippen molar-refractivity contribution < 1.29 is 24.2 Å². The summed E-state index contributed by atoms with van der Waals surface area (Å²) in [5.74, 6) is -2.29. The van der Waals surface area contributed by atoms with Gasteiger partial charge in [0.2, 0.25) is 5.91 Å². The minimum Gasteiger partial charge on any atom is -0.481 e. The molecule has 0 saturated heterocycles. The van der Waals surface area contributed by atoms with Crippen LogP contribution in [0.3, 0.4) is 0 Å². The summed E-state index contributed by atoms with van der Waals surface area (Å²) in [5, 5.41) is 8.47. The van der Waals surface area contributed by atoms with E-state index in [4.69, 9.17) is 9.84 Å². The molecule has 0 radical (unpaired) electrons. The van der Waals surface area contributed by atoms with Gasteiger partial charge in [0, 0.05) is 6.54 Å². The molecule has 0 unspecified atom stereocenters. The van der Waals surface area contributed by atoms with Crippen LogP contribution in [0.1, 0.15) is 26.7 Å². The van der Waals surface area contributed by atoms with E-state index in [0.29, 0.717) is 13.0 Å². The molecule has 0 spiro atoms. The van der Waals surface area contributed by atoms with Crippen molar-refractivity contribution in [3.63, 3.8) is 0 Å². The van der Waals surface area contributed by atoms with Crippen LogP contribution in [0.5, 0.6) is 0 Å². The number of amides is 1. The Balaban J connectivity index is 4.30. The predicted octanol–water partition coefficient (Wildman–Crippen LogP) is 0.263. The average molecular weight is 231 g/mol. The maximum atomic E-state index is 11.4. The van der Waals surface area contributed by atoms with E-state index in [0.717, 1.165) is 0 Å². The molecule has 0 bridgehead atoms. The number of esters is 1. The van der Waals surface area contributed by atoms with Crippen LogP contribution in [0.4, 0.5) is 0 Å². The highest BCUT2D eigenvalue weighted by Gasteiger charge is 2.19. The van der Waals surface area contributed by atoms with Gasteiger partial charge in [-0.1, -0.05) is 6.92 Å². The van der Waals surface area contributed by atoms with Gasteiger partial charge in [-0.15, -0.1) is 0 Å². The van der Waals surface area contributed by atoms with Gasteiger partial charge >= 0.3 is 11.9 Å². The molecule has 0 rings (SSSR count). The molecule has 0 aromatic rings. The highest BCUT2D eigenvalue weighted by atomic mass is 16.5. The van der Waals surface area contributed by atoms with Gasteiger partial charge in [-0.05, 0) is 13.3 Å². The van der Waals surface area contributed by atoms with Crippen LogP contribution in [-0.4, -0.2) is 47.5 Å². The molecular weight excluding hydrogens is 214 g/mol. The standard InChI is InChI=1S/C10H17NO5/c1-3-5-11(7-10(15)16-4-2)8(12)6-9(13)14/h3-7H2,1-2H3,(H,13,14). The molecule has 0 saturated carbocycles. The van der Waals surface area contributed by atoms with Crippen LogP contribution in [0.15, 0.2) is 0 Å². The van der Waals surface area contributed by atoms with Gasteiger partial charge in [-0.3, -0.25) is 14.4 Å². The third-order valence-corrected chi connectivity index (χ3v) is 1.77. The second-order valence-corrected chi connectivity index (χ2v) is 3.19. The monoisotopic (exact) mass is 231 g/mol. The second-order valence-electron chi connectivity index (χ2n) is 3.19. The number of nitrogens with zero attached hydrogens (tertiary/aromatic N) is 1. The number of hydrogen-bond donors (Lipinski definition) is 1. The van der Waals surface area contributed by atoms with Crippen molar-refractivity contribution in [2.24, 2.45) is 0 Å². The zero-order chi connectivity index (χ0) is 12.6. The largest absolute Gasteiger partial charge is 0.481 e. The van der Waals surface area contributed by atoms with Gasteiger partial charge in [0.1, 0.15) is 13.0 Å². The maximum Gasteiger partial charge on any atom is 0.325 e. The lowest BCUT2D eigenvalue weighted by Crippen LogP contribution is -2.38. The van der Waals surface area contributed by atoms with Crippen LogP contribution in [0.25, 0.3) is 0 Å². The van der Waals surface area contributed by atoms with Crippen LogP contribution >= 0.6 is 0 Å². The summed E-state index contributed by atoms with van der Waals surface area (Å²) in [5.41, 5.74) is 0. The Morgan fingerprint density at radius 3 is 2.31 bits per heavy atom. The van der Waals surface area contributed by atoms with E-state index in [1.165, 1.54) is 4.90 Å².